The lowest BCUT2D eigenvalue weighted by atomic mass is 9.93. The summed E-state index contributed by atoms with van der Waals surface area (Å²) in [5.41, 5.74) is 10.2. The molecule has 0 atom stereocenters. The Kier molecular flexibility index (Phi) is 5.57. The number of nitrogens with zero attached hydrogens (tertiary/aromatic N) is 2. The summed E-state index contributed by atoms with van der Waals surface area (Å²) in [5.74, 6) is 0. The zero-order valence-corrected chi connectivity index (χ0v) is 25.3. The van der Waals surface area contributed by atoms with Gasteiger partial charge in [-0.25, -0.2) is 4.98 Å². The molecule has 47 heavy (non-hydrogen) atoms. The summed E-state index contributed by atoms with van der Waals surface area (Å²) in [6, 6.07) is 53.7. The van der Waals surface area contributed by atoms with Crippen LogP contribution in [0.2, 0.25) is 0 Å². The SMILES string of the molecule is c1cc(-c2ccc3ccc4cccnc4c3n2)cc(-c2cccc3c2oc2c4ccccc4c(-c4ccc5ccccc5c4)cc32)c1. The Bertz CT molecular complexity index is 2860. The van der Waals surface area contributed by atoms with Crippen molar-refractivity contribution < 1.29 is 4.42 Å². The van der Waals surface area contributed by atoms with Crippen molar-refractivity contribution in [3.05, 3.63) is 158 Å². The molecular weight excluding hydrogens is 572 g/mol. The Balaban J connectivity index is 1.16. The largest absolute Gasteiger partial charge is 0.455 e. The monoisotopic (exact) mass is 598 g/mol. The first kappa shape index (κ1) is 26.0. The molecule has 0 amide bonds. The van der Waals surface area contributed by atoms with Crippen molar-refractivity contribution in [2.45, 2.75) is 0 Å². The van der Waals surface area contributed by atoms with Gasteiger partial charge in [-0.1, -0.05) is 121 Å². The number of furan rings is 1. The van der Waals surface area contributed by atoms with E-state index in [-0.39, 0.29) is 0 Å². The van der Waals surface area contributed by atoms with Gasteiger partial charge in [0.1, 0.15) is 11.2 Å². The van der Waals surface area contributed by atoms with Gasteiger partial charge in [-0.2, -0.15) is 0 Å². The van der Waals surface area contributed by atoms with Gasteiger partial charge in [-0.3, -0.25) is 4.98 Å². The molecule has 0 saturated carbocycles. The lowest BCUT2D eigenvalue weighted by Crippen LogP contribution is -1.89. The van der Waals surface area contributed by atoms with Crippen LogP contribution in [-0.4, -0.2) is 9.97 Å². The summed E-state index contributed by atoms with van der Waals surface area (Å²) >= 11 is 0. The quantitative estimate of drug-likeness (QED) is 0.190. The lowest BCUT2D eigenvalue weighted by Gasteiger charge is -2.09. The average Bonchev–Trinajstić information content (AvgIpc) is 3.53. The minimum atomic E-state index is 0.891. The molecule has 0 bridgehead atoms. The van der Waals surface area contributed by atoms with Crippen molar-refractivity contribution in [3.8, 4) is 33.5 Å². The Hall–Kier alpha value is -6.32. The molecule has 3 nitrogen and oxygen atoms in total. The third-order valence-corrected chi connectivity index (χ3v) is 9.47. The number of pyridine rings is 2. The van der Waals surface area contributed by atoms with Crippen LogP contribution in [0.25, 0.3) is 98.8 Å². The maximum Gasteiger partial charge on any atom is 0.143 e. The molecule has 218 valence electrons. The van der Waals surface area contributed by atoms with Crippen LogP contribution in [0.1, 0.15) is 0 Å². The van der Waals surface area contributed by atoms with Crippen LogP contribution in [0.5, 0.6) is 0 Å². The van der Waals surface area contributed by atoms with Gasteiger partial charge in [0.05, 0.1) is 16.7 Å². The van der Waals surface area contributed by atoms with E-state index in [1.807, 2.05) is 12.3 Å². The Labute approximate surface area is 270 Å². The third kappa shape index (κ3) is 4.07. The van der Waals surface area contributed by atoms with E-state index in [1.165, 1.54) is 27.3 Å². The van der Waals surface area contributed by atoms with Crippen molar-refractivity contribution in [2.24, 2.45) is 0 Å². The van der Waals surface area contributed by atoms with E-state index in [0.717, 1.165) is 71.5 Å². The molecule has 10 aromatic rings. The molecule has 0 spiro atoms. The topological polar surface area (TPSA) is 38.9 Å². The second kappa shape index (κ2) is 10.1. The molecule has 0 saturated heterocycles. The molecule has 0 radical (unpaired) electrons. The average molecular weight is 599 g/mol. The summed E-state index contributed by atoms with van der Waals surface area (Å²) < 4.78 is 6.84. The van der Waals surface area contributed by atoms with Crippen molar-refractivity contribution in [2.75, 3.05) is 0 Å². The maximum atomic E-state index is 6.84. The highest BCUT2D eigenvalue weighted by Crippen LogP contribution is 2.43. The summed E-state index contributed by atoms with van der Waals surface area (Å²) in [6.07, 6.45) is 1.83. The number of aromatic nitrogens is 2. The number of fused-ring (bicyclic) bond motifs is 9. The molecule has 0 aliphatic carbocycles. The molecule has 0 unspecified atom stereocenters. The Morgan fingerprint density at radius 1 is 0.383 bits per heavy atom. The molecule has 0 aliphatic rings. The molecule has 10 rings (SSSR count). The molecule has 0 aliphatic heterocycles. The van der Waals surface area contributed by atoms with Crippen LogP contribution in [0.3, 0.4) is 0 Å². The maximum absolute atomic E-state index is 6.84. The zero-order valence-electron chi connectivity index (χ0n) is 25.3. The lowest BCUT2D eigenvalue weighted by molar-refractivity contribution is 0.674. The van der Waals surface area contributed by atoms with Gasteiger partial charge in [-0.15, -0.1) is 0 Å². The fourth-order valence-corrected chi connectivity index (χ4v) is 7.17. The van der Waals surface area contributed by atoms with Gasteiger partial charge < -0.3 is 4.42 Å². The van der Waals surface area contributed by atoms with E-state index in [9.17, 15) is 0 Å². The number of benzene rings is 7. The normalized spacial score (nSPS) is 11.8. The van der Waals surface area contributed by atoms with Crippen LogP contribution >= 0.6 is 0 Å². The minimum absolute atomic E-state index is 0.891. The minimum Gasteiger partial charge on any atom is -0.455 e. The van der Waals surface area contributed by atoms with E-state index in [4.69, 9.17) is 9.40 Å². The Morgan fingerprint density at radius 3 is 2.00 bits per heavy atom. The van der Waals surface area contributed by atoms with E-state index in [0.29, 0.717) is 0 Å². The van der Waals surface area contributed by atoms with Crippen LogP contribution in [0.4, 0.5) is 0 Å². The number of hydrogen-bond acceptors (Lipinski definition) is 3. The van der Waals surface area contributed by atoms with Crippen LogP contribution in [-0.2, 0) is 0 Å². The molecule has 7 aromatic carbocycles. The smallest absolute Gasteiger partial charge is 0.143 e. The first-order valence-corrected chi connectivity index (χ1v) is 15.9. The van der Waals surface area contributed by atoms with Crippen molar-refractivity contribution in [1.82, 2.24) is 9.97 Å². The summed E-state index contributed by atoms with van der Waals surface area (Å²) in [6.45, 7) is 0. The van der Waals surface area contributed by atoms with Gasteiger partial charge in [-0.05, 0) is 63.2 Å². The third-order valence-electron chi connectivity index (χ3n) is 9.47. The van der Waals surface area contributed by atoms with Crippen LogP contribution < -0.4 is 0 Å². The highest BCUT2D eigenvalue weighted by Gasteiger charge is 2.18. The predicted molar refractivity (Wildman–Crippen MR) is 196 cm³/mol. The van der Waals surface area contributed by atoms with Gasteiger partial charge in [0.25, 0.3) is 0 Å². The molecule has 3 aromatic heterocycles. The fraction of sp³-hybridized carbons (Fsp3) is 0. The summed E-state index contributed by atoms with van der Waals surface area (Å²) in [7, 11) is 0. The van der Waals surface area contributed by atoms with Crippen molar-refractivity contribution in [1.29, 1.82) is 0 Å². The van der Waals surface area contributed by atoms with Gasteiger partial charge in [0, 0.05) is 44.3 Å². The first-order chi connectivity index (χ1) is 23.3. The predicted octanol–water partition coefficient (Wildman–Crippen LogP) is 12.0. The Morgan fingerprint density at radius 2 is 1.06 bits per heavy atom. The molecule has 0 fully saturated rings. The molecule has 0 N–H and O–H groups in total. The number of rotatable bonds is 3. The second-order valence-corrected chi connectivity index (χ2v) is 12.2. The second-order valence-electron chi connectivity index (χ2n) is 12.2. The molecular formula is C44H26N2O. The van der Waals surface area contributed by atoms with E-state index < -0.39 is 0 Å². The van der Waals surface area contributed by atoms with Gasteiger partial charge in [0.15, 0.2) is 0 Å². The van der Waals surface area contributed by atoms with Crippen LogP contribution in [0, 0.1) is 0 Å². The number of para-hydroxylation sites is 1. The standard InChI is InChI=1S/C44H26N2O/c1-2-9-30-24-32(20-17-27(30)8-1)38-26-39-37-16-6-15-34(43(37)47-44(39)36-14-4-3-13-35(36)38)31-10-5-11-33(25-31)40-22-21-29-19-18-28-12-7-23-45-41(28)42(29)46-40/h1-26H. The highest BCUT2D eigenvalue weighted by molar-refractivity contribution is 6.21. The van der Waals surface area contributed by atoms with Crippen molar-refractivity contribution >= 4 is 65.3 Å². The fourth-order valence-electron chi connectivity index (χ4n) is 7.17. The van der Waals surface area contributed by atoms with E-state index in [2.05, 4.69) is 151 Å². The highest BCUT2D eigenvalue weighted by atomic mass is 16.3. The van der Waals surface area contributed by atoms with E-state index in [1.54, 1.807) is 0 Å². The summed E-state index contributed by atoms with van der Waals surface area (Å²) in [4.78, 5) is 9.76. The molecule has 3 heteroatoms. The van der Waals surface area contributed by atoms with Gasteiger partial charge in [0.2, 0.25) is 0 Å². The van der Waals surface area contributed by atoms with Crippen molar-refractivity contribution in [3.63, 3.8) is 0 Å². The zero-order chi connectivity index (χ0) is 30.9. The first-order valence-electron chi connectivity index (χ1n) is 15.9. The summed E-state index contributed by atoms with van der Waals surface area (Å²) in [5, 5.41) is 9.18. The van der Waals surface area contributed by atoms with Gasteiger partial charge >= 0.3 is 0 Å². The molecule has 3 heterocycles. The van der Waals surface area contributed by atoms with E-state index >= 15 is 0 Å². The number of hydrogen-bond donors (Lipinski definition) is 0. The van der Waals surface area contributed by atoms with Crippen LogP contribution in [0.15, 0.2) is 162 Å².